The van der Waals surface area contributed by atoms with Gasteiger partial charge in [0, 0.05) is 37.6 Å². The van der Waals surface area contributed by atoms with Gasteiger partial charge in [0.15, 0.2) is 5.82 Å². The van der Waals surface area contributed by atoms with Crippen LogP contribution in [0.1, 0.15) is 24.8 Å². The van der Waals surface area contributed by atoms with Crippen molar-refractivity contribution in [3.8, 4) is 0 Å². The average Bonchev–Trinajstić information content (AvgIpc) is 3.29. The van der Waals surface area contributed by atoms with Gasteiger partial charge in [-0.05, 0) is 49.1 Å². The highest BCUT2D eigenvalue weighted by Gasteiger charge is 2.20. The summed E-state index contributed by atoms with van der Waals surface area (Å²) in [5.74, 6) is 0.425. The third kappa shape index (κ3) is 4.65. The molecule has 1 amide bonds. The fourth-order valence-corrected chi connectivity index (χ4v) is 3.96. The molecule has 1 fully saturated rings. The van der Waals surface area contributed by atoms with E-state index in [0.717, 1.165) is 48.9 Å². The van der Waals surface area contributed by atoms with E-state index in [4.69, 9.17) is 11.6 Å². The number of fused-ring (bicyclic) bond motifs is 1. The third-order valence-corrected chi connectivity index (χ3v) is 5.70. The number of nitrogens with zero attached hydrogens (tertiary/aromatic N) is 3. The predicted octanol–water partition coefficient (Wildman–Crippen LogP) is 3.40. The molecular weight excluding hydrogens is 400 g/mol. The molecule has 0 saturated carbocycles. The van der Waals surface area contributed by atoms with Gasteiger partial charge in [-0.25, -0.2) is 4.98 Å². The number of para-hydroxylation sites is 2. The molecule has 2 heterocycles. The van der Waals surface area contributed by atoms with Crippen LogP contribution >= 0.6 is 11.6 Å². The van der Waals surface area contributed by atoms with E-state index in [1.165, 1.54) is 0 Å². The second-order valence-corrected chi connectivity index (χ2v) is 7.99. The Bertz CT molecular complexity index is 1090. The smallest absolute Gasteiger partial charge is 0.294 e. The molecule has 0 bridgehead atoms. The summed E-state index contributed by atoms with van der Waals surface area (Å²) < 4.78 is 1.69. The number of hydrogen-bond donors (Lipinski definition) is 1. The van der Waals surface area contributed by atoms with E-state index in [0.29, 0.717) is 23.9 Å². The van der Waals surface area contributed by atoms with E-state index in [2.05, 4.69) is 15.2 Å². The quantitative estimate of drug-likeness (QED) is 0.631. The Morgan fingerprint density at radius 3 is 2.57 bits per heavy atom. The van der Waals surface area contributed by atoms with Crippen molar-refractivity contribution >= 4 is 34.4 Å². The van der Waals surface area contributed by atoms with Crippen LogP contribution in [0, 0.1) is 0 Å². The molecule has 1 saturated heterocycles. The van der Waals surface area contributed by atoms with Gasteiger partial charge < -0.3 is 14.8 Å². The molecule has 7 heteroatoms. The van der Waals surface area contributed by atoms with Crippen LogP contribution in [0.5, 0.6) is 0 Å². The Kier molecular flexibility index (Phi) is 6.33. The Hall–Kier alpha value is -2.86. The lowest BCUT2D eigenvalue weighted by Gasteiger charge is -2.19. The molecule has 1 aliphatic rings. The van der Waals surface area contributed by atoms with Crippen LogP contribution in [0.4, 0.5) is 5.82 Å². The van der Waals surface area contributed by atoms with Crippen LogP contribution in [0.2, 0.25) is 5.02 Å². The van der Waals surface area contributed by atoms with Gasteiger partial charge >= 0.3 is 0 Å². The largest absolute Gasteiger partial charge is 0.356 e. The first-order chi connectivity index (χ1) is 14.6. The number of carbonyl (C=O) groups is 1. The topological polar surface area (TPSA) is 67.2 Å². The zero-order chi connectivity index (χ0) is 20.9. The summed E-state index contributed by atoms with van der Waals surface area (Å²) >= 11 is 5.90. The minimum atomic E-state index is -0.121. The highest BCUT2D eigenvalue weighted by Crippen LogP contribution is 2.18. The van der Waals surface area contributed by atoms with Crippen molar-refractivity contribution in [1.82, 2.24) is 14.9 Å². The van der Waals surface area contributed by atoms with Gasteiger partial charge in [0.25, 0.3) is 5.56 Å². The molecule has 156 valence electrons. The molecule has 30 heavy (non-hydrogen) atoms. The molecule has 3 aromatic rings. The molecule has 6 nitrogen and oxygen atoms in total. The zero-order valence-corrected chi connectivity index (χ0v) is 17.6. The number of carbonyl (C=O) groups excluding carboxylic acids is 1. The molecule has 0 radical (unpaired) electrons. The number of anilines is 1. The minimum Gasteiger partial charge on any atom is -0.356 e. The highest BCUT2D eigenvalue weighted by molar-refractivity contribution is 6.30. The van der Waals surface area contributed by atoms with Gasteiger partial charge in [-0.15, -0.1) is 0 Å². The van der Waals surface area contributed by atoms with Crippen molar-refractivity contribution in [1.29, 1.82) is 0 Å². The number of amides is 1. The first kappa shape index (κ1) is 20.4. The molecule has 2 aromatic carbocycles. The monoisotopic (exact) mass is 424 g/mol. The SMILES string of the molecule is O=C(CCn1c(=O)c(N2CCCC2)nc2ccccc21)NCCc1ccc(Cl)cc1. The summed E-state index contributed by atoms with van der Waals surface area (Å²) in [5.41, 5.74) is 2.54. The Labute approximate surface area is 180 Å². The maximum Gasteiger partial charge on any atom is 0.294 e. The van der Waals surface area contributed by atoms with Crippen LogP contribution in [-0.2, 0) is 17.8 Å². The summed E-state index contributed by atoms with van der Waals surface area (Å²) in [4.78, 5) is 32.2. The van der Waals surface area contributed by atoms with Crippen LogP contribution in [0.25, 0.3) is 11.0 Å². The summed E-state index contributed by atoms with van der Waals surface area (Å²) in [6.07, 6.45) is 3.13. The lowest BCUT2D eigenvalue weighted by Crippen LogP contribution is -2.33. The summed E-state index contributed by atoms with van der Waals surface area (Å²) in [6.45, 7) is 2.58. The standard InChI is InChI=1S/C23H25ClN4O2/c24-18-9-7-17(8-10-18)11-13-25-21(29)12-16-28-20-6-2-1-5-19(20)26-22(23(28)30)27-14-3-4-15-27/h1-2,5-10H,3-4,11-16H2,(H,25,29). The van der Waals surface area contributed by atoms with E-state index >= 15 is 0 Å². The maximum absolute atomic E-state index is 13.1. The summed E-state index contributed by atoms with van der Waals surface area (Å²) in [7, 11) is 0. The van der Waals surface area contributed by atoms with Gasteiger partial charge in [-0.3, -0.25) is 9.59 Å². The summed E-state index contributed by atoms with van der Waals surface area (Å²) in [6, 6.07) is 15.2. The van der Waals surface area contributed by atoms with Gasteiger partial charge in [0.05, 0.1) is 11.0 Å². The first-order valence-electron chi connectivity index (χ1n) is 10.4. The summed E-state index contributed by atoms with van der Waals surface area (Å²) in [5, 5.41) is 3.64. The van der Waals surface area contributed by atoms with E-state index in [1.54, 1.807) is 4.57 Å². The molecule has 1 aliphatic heterocycles. The molecule has 1 aromatic heterocycles. The van der Waals surface area contributed by atoms with E-state index < -0.39 is 0 Å². The number of rotatable bonds is 7. The number of halogens is 1. The number of nitrogens with one attached hydrogen (secondary N) is 1. The fraction of sp³-hybridized carbons (Fsp3) is 0.348. The molecule has 1 N–H and O–H groups in total. The lowest BCUT2D eigenvalue weighted by atomic mass is 10.1. The van der Waals surface area contributed by atoms with Crippen molar-refractivity contribution in [3.63, 3.8) is 0 Å². The van der Waals surface area contributed by atoms with Crippen LogP contribution in [-0.4, -0.2) is 35.1 Å². The van der Waals surface area contributed by atoms with Crippen LogP contribution in [0.15, 0.2) is 53.3 Å². The molecule has 0 spiro atoms. The normalized spacial score (nSPS) is 13.7. The Balaban J connectivity index is 1.43. The third-order valence-electron chi connectivity index (χ3n) is 5.45. The van der Waals surface area contributed by atoms with Gasteiger partial charge in [0.1, 0.15) is 0 Å². The van der Waals surface area contributed by atoms with Gasteiger partial charge in [0.2, 0.25) is 5.91 Å². The molecule has 0 aliphatic carbocycles. The molecular formula is C23H25ClN4O2. The first-order valence-corrected chi connectivity index (χ1v) is 10.8. The Morgan fingerprint density at radius 2 is 1.80 bits per heavy atom. The van der Waals surface area contributed by atoms with E-state index in [-0.39, 0.29) is 17.9 Å². The predicted molar refractivity (Wildman–Crippen MR) is 120 cm³/mol. The number of benzene rings is 2. The van der Waals surface area contributed by atoms with Crippen molar-refractivity contribution in [2.75, 3.05) is 24.5 Å². The lowest BCUT2D eigenvalue weighted by molar-refractivity contribution is -0.121. The fourth-order valence-electron chi connectivity index (χ4n) is 3.83. The van der Waals surface area contributed by atoms with Crippen molar-refractivity contribution in [3.05, 3.63) is 69.5 Å². The van der Waals surface area contributed by atoms with Crippen LogP contribution in [0.3, 0.4) is 0 Å². The zero-order valence-electron chi connectivity index (χ0n) is 16.8. The molecule has 4 rings (SSSR count). The van der Waals surface area contributed by atoms with E-state index in [9.17, 15) is 9.59 Å². The molecule has 0 atom stereocenters. The highest BCUT2D eigenvalue weighted by atomic mass is 35.5. The van der Waals surface area contributed by atoms with Crippen molar-refractivity contribution in [2.24, 2.45) is 0 Å². The van der Waals surface area contributed by atoms with Crippen LogP contribution < -0.4 is 15.8 Å². The van der Waals surface area contributed by atoms with Gasteiger partial charge in [-0.1, -0.05) is 35.9 Å². The Morgan fingerprint density at radius 1 is 1.07 bits per heavy atom. The maximum atomic E-state index is 13.1. The molecule has 0 unspecified atom stereocenters. The average molecular weight is 425 g/mol. The second kappa shape index (κ2) is 9.30. The minimum absolute atomic E-state index is 0.0699. The number of aromatic nitrogens is 2. The van der Waals surface area contributed by atoms with Crippen molar-refractivity contribution in [2.45, 2.75) is 32.2 Å². The number of hydrogen-bond acceptors (Lipinski definition) is 4. The van der Waals surface area contributed by atoms with Gasteiger partial charge in [-0.2, -0.15) is 0 Å². The number of aryl methyl sites for hydroxylation is 1. The second-order valence-electron chi connectivity index (χ2n) is 7.55. The van der Waals surface area contributed by atoms with E-state index in [1.807, 2.05) is 48.5 Å². The van der Waals surface area contributed by atoms with Crippen molar-refractivity contribution < 1.29 is 4.79 Å².